The molecule has 0 spiro atoms. The molecule has 4 rings (SSSR count). The standard InChI is InChI=1S/C36H53FN6O9S/c1-22(53-25-11-9-24(10-12-25)34(48)42-17-19-50-20-18-42)28(32-31(46)30(45)29(44)27(51-32)21-39-41-38)40-33(47)26-13-8-23(7-5-6-15-37)14-16-43(26)35(49)52-36(2,3)4/h8-12,22,26-32,44-46H,5-7,13-21H2,1-4H3,(H,40,47)/t22-,26-,27?,28+,29-,30?,31-,32+/m0/s1. The van der Waals surface area contributed by atoms with Crippen LogP contribution in [0.1, 0.15) is 70.2 Å². The molecule has 0 bridgehead atoms. The first-order chi connectivity index (χ1) is 25.2. The Hall–Kier alpha value is -3.44. The Morgan fingerprint density at radius 3 is 2.43 bits per heavy atom. The SMILES string of the molecule is C[C@H](Sc1ccc(C(=O)N2CCOCC2)cc1)[C@@H](NC(=O)[C@@H]1CC=C(CCCCF)CCN1C(=O)OC(C)(C)C)[C@H]1OC(CN=[N+]=[N-])[C@H](O)C(O)[C@@H]1O. The first-order valence-corrected chi connectivity index (χ1v) is 19.0. The molecule has 1 aromatic rings. The maximum Gasteiger partial charge on any atom is 0.410 e. The summed E-state index contributed by atoms with van der Waals surface area (Å²) in [7, 11) is 0. The number of ether oxygens (including phenoxy) is 3. The summed E-state index contributed by atoms with van der Waals surface area (Å²) in [6.45, 7) is 8.34. The number of hydrogen-bond donors (Lipinski definition) is 4. The number of alkyl halides is 1. The summed E-state index contributed by atoms with van der Waals surface area (Å²) < 4.78 is 30.0. The highest BCUT2D eigenvalue weighted by Crippen LogP contribution is 2.33. The van der Waals surface area contributed by atoms with Crippen LogP contribution in [-0.4, -0.2) is 143 Å². The molecule has 3 aliphatic rings. The number of unbranched alkanes of at least 4 members (excludes halogenated alkanes) is 1. The molecule has 0 aromatic heterocycles. The van der Waals surface area contributed by atoms with Gasteiger partial charge in [0.05, 0.1) is 38.6 Å². The van der Waals surface area contributed by atoms with Crippen molar-refractivity contribution in [3.63, 3.8) is 0 Å². The van der Waals surface area contributed by atoms with E-state index in [4.69, 9.17) is 19.7 Å². The van der Waals surface area contributed by atoms with Gasteiger partial charge in [-0.25, -0.2) is 4.79 Å². The fourth-order valence-corrected chi connectivity index (χ4v) is 7.67. The van der Waals surface area contributed by atoms with Gasteiger partial charge in [0.2, 0.25) is 5.91 Å². The third-order valence-electron chi connectivity index (χ3n) is 9.46. The van der Waals surface area contributed by atoms with Crippen molar-refractivity contribution in [3.8, 4) is 0 Å². The van der Waals surface area contributed by atoms with Gasteiger partial charge in [0.15, 0.2) is 0 Å². The van der Waals surface area contributed by atoms with Gasteiger partial charge < -0.3 is 39.7 Å². The molecule has 3 aliphatic heterocycles. The molecule has 0 radical (unpaired) electrons. The average molecular weight is 765 g/mol. The van der Waals surface area contributed by atoms with Crippen LogP contribution in [0.4, 0.5) is 9.18 Å². The van der Waals surface area contributed by atoms with Crippen molar-refractivity contribution < 1.29 is 48.3 Å². The quantitative estimate of drug-likeness (QED) is 0.0572. The van der Waals surface area contributed by atoms with Gasteiger partial charge in [0, 0.05) is 40.3 Å². The Bertz CT molecular complexity index is 1470. The minimum atomic E-state index is -1.69. The van der Waals surface area contributed by atoms with Gasteiger partial charge in [-0.2, -0.15) is 0 Å². The van der Waals surface area contributed by atoms with Crippen LogP contribution in [0.5, 0.6) is 0 Å². The number of aliphatic hydroxyl groups excluding tert-OH is 3. The van der Waals surface area contributed by atoms with E-state index in [2.05, 4.69) is 15.3 Å². The number of carbonyl (C=O) groups is 3. The predicted molar refractivity (Wildman–Crippen MR) is 195 cm³/mol. The number of nitrogens with zero attached hydrogens (tertiary/aromatic N) is 5. The third kappa shape index (κ3) is 11.8. The Morgan fingerprint density at radius 1 is 1.09 bits per heavy atom. The summed E-state index contributed by atoms with van der Waals surface area (Å²) in [6.07, 6.45) is -3.88. The molecular formula is C36H53FN6O9S. The molecule has 0 saturated carbocycles. The second-order valence-electron chi connectivity index (χ2n) is 14.5. The van der Waals surface area contributed by atoms with E-state index in [0.29, 0.717) is 57.6 Å². The van der Waals surface area contributed by atoms with E-state index in [1.165, 1.54) is 16.7 Å². The fraction of sp³-hybridized carbons (Fsp3) is 0.694. The molecule has 3 amide bonds. The lowest BCUT2D eigenvalue weighted by Gasteiger charge is -2.45. The van der Waals surface area contributed by atoms with E-state index < -0.39 is 72.1 Å². The van der Waals surface area contributed by atoms with Crippen LogP contribution in [0, 0.1) is 0 Å². The van der Waals surface area contributed by atoms with E-state index in [1.54, 1.807) is 56.9 Å². The monoisotopic (exact) mass is 764 g/mol. The van der Waals surface area contributed by atoms with Crippen LogP contribution in [0.2, 0.25) is 0 Å². The zero-order valence-corrected chi connectivity index (χ0v) is 31.6. The summed E-state index contributed by atoms with van der Waals surface area (Å²) in [4.78, 5) is 47.5. The molecule has 2 saturated heterocycles. The number of azide groups is 1. The van der Waals surface area contributed by atoms with Gasteiger partial charge in [0.1, 0.15) is 36.1 Å². The highest BCUT2D eigenvalue weighted by molar-refractivity contribution is 8.00. The normalized spacial score (nSPS) is 26.4. The van der Waals surface area contributed by atoms with Gasteiger partial charge in [-0.3, -0.25) is 18.9 Å². The number of aliphatic hydroxyl groups is 3. The van der Waals surface area contributed by atoms with Crippen molar-refractivity contribution in [3.05, 3.63) is 51.9 Å². The number of rotatable bonds is 13. The Labute approximate surface area is 313 Å². The van der Waals surface area contributed by atoms with Crippen molar-refractivity contribution in [2.45, 2.75) is 118 Å². The average Bonchev–Trinajstić information content (AvgIpc) is 3.35. The molecule has 1 aromatic carbocycles. The summed E-state index contributed by atoms with van der Waals surface area (Å²) in [6, 6.07) is 4.93. The number of morpholine rings is 1. The van der Waals surface area contributed by atoms with Crippen molar-refractivity contribution in [1.82, 2.24) is 15.1 Å². The number of hydrogen-bond acceptors (Lipinski definition) is 11. The molecule has 2 fully saturated rings. The lowest BCUT2D eigenvalue weighted by molar-refractivity contribution is -0.225. The summed E-state index contributed by atoms with van der Waals surface area (Å²) in [5, 5.41) is 38.7. The topological polar surface area (TPSA) is 207 Å². The third-order valence-corrected chi connectivity index (χ3v) is 10.7. The molecule has 53 heavy (non-hydrogen) atoms. The van der Waals surface area contributed by atoms with Crippen LogP contribution in [0.15, 0.2) is 45.9 Å². The fourth-order valence-electron chi connectivity index (χ4n) is 6.57. The number of benzene rings is 1. The number of thioether (sulfide) groups is 1. The molecule has 15 nitrogen and oxygen atoms in total. The number of carbonyl (C=O) groups excluding carboxylic acids is 3. The van der Waals surface area contributed by atoms with Crippen molar-refractivity contribution >= 4 is 29.7 Å². The minimum absolute atomic E-state index is 0.113. The van der Waals surface area contributed by atoms with E-state index in [9.17, 15) is 34.1 Å². The smallest absolute Gasteiger partial charge is 0.410 e. The van der Waals surface area contributed by atoms with Crippen LogP contribution in [0.25, 0.3) is 10.4 Å². The maximum absolute atomic E-state index is 14.4. The lowest BCUT2D eigenvalue weighted by Crippen LogP contribution is -2.66. The van der Waals surface area contributed by atoms with Crippen LogP contribution in [0.3, 0.4) is 0 Å². The highest BCUT2D eigenvalue weighted by atomic mass is 32.2. The van der Waals surface area contributed by atoms with Gasteiger partial charge in [-0.15, -0.1) is 11.8 Å². The van der Waals surface area contributed by atoms with E-state index in [-0.39, 0.29) is 25.4 Å². The predicted octanol–water partition coefficient (Wildman–Crippen LogP) is 3.75. The van der Waals surface area contributed by atoms with Gasteiger partial charge in [-0.1, -0.05) is 23.7 Å². The Kier molecular flexibility index (Phi) is 15.8. The Balaban J connectivity index is 1.63. The molecule has 2 unspecified atom stereocenters. The summed E-state index contributed by atoms with van der Waals surface area (Å²) in [5.74, 6) is -0.679. The largest absolute Gasteiger partial charge is 0.444 e. The highest BCUT2D eigenvalue weighted by Gasteiger charge is 2.49. The summed E-state index contributed by atoms with van der Waals surface area (Å²) >= 11 is 1.32. The van der Waals surface area contributed by atoms with Crippen LogP contribution < -0.4 is 5.32 Å². The van der Waals surface area contributed by atoms with Crippen LogP contribution in [-0.2, 0) is 19.0 Å². The molecular weight excluding hydrogens is 711 g/mol. The molecule has 3 heterocycles. The number of amides is 3. The van der Waals surface area contributed by atoms with Crippen molar-refractivity contribution in [1.29, 1.82) is 0 Å². The first kappa shape index (κ1) is 42.3. The van der Waals surface area contributed by atoms with Gasteiger partial charge in [-0.05, 0) is 82.7 Å². The molecule has 8 atom stereocenters. The molecule has 4 N–H and O–H groups in total. The van der Waals surface area contributed by atoms with Gasteiger partial charge in [0.25, 0.3) is 5.91 Å². The zero-order chi connectivity index (χ0) is 38.7. The molecule has 0 aliphatic carbocycles. The Morgan fingerprint density at radius 2 is 1.79 bits per heavy atom. The summed E-state index contributed by atoms with van der Waals surface area (Å²) in [5.41, 5.74) is 9.59. The number of nitrogens with one attached hydrogen (secondary N) is 1. The zero-order valence-electron chi connectivity index (χ0n) is 30.8. The van der Waals surface area contributed by atoms with E-state index in [1.807, 2.05) is 6.08 Å². The molecule has 17 heteroatoms. The van der Waals surface area contributed by atoms with Crippen molar-refractivity contribution in [2.75, 3.05) is 46.1 Å². The molecule has 294 valence electrons. The minimum Gasteiger partial charge on any atom is -0.444 e. The number of halogens is 1. The maximum atomic E-state index is 14.4. The van der Waals surface area contributed by atoms with E-state index in [0.717, 1.165) is 10.5 Å². The second kappa shape index (κ2) is 19.8. The first-order valence-electron chi connectivity index (χ1n) is 18.1. The van der Waals surface area contributed by atoms with Gasteiger partial charge >= 0.3 is 6.09 Å². The van der Waals surface area contributed by atoms with E-state index >= 15 is 0 Å². The lowest BCUT2D eigenvalue weighted by atomic mass is 9.89. The second-order valence-corrected chi connectivity index (χ2v) is 15.9. The van der Waals surface area contributed by atoms with Crippen LogP contribution >= 0.6 is 11.8 Å². The van der Waals surface area contributed by atoms with Crippen molar-refractivity contribution in [2.24, 2.45) is 5.11 Å².